The molecule has 3 rings (SSSR count). The summed E-state index contributed by atoms with van der Waals surface area (Å²) in [5.41, 5.74) is 2.67. The van der Waals surface area contributed by atoms with Gasteiger partial charge in [0.15, 0.2) is 13.2 Å². The number of ether oxygens (including phenoxy) is 1. The predicted octanol–water partition coefficient (Wildman–Crippen LogP) is 2.71. The summed E-state index contributed by atoms with van der Waals surface area (Å²) < 4.78 is 4.96. The van der Waals surface area contributed by atoms with E-state index in [1.165, 1.54) is 16.9 Å². The highest BCUT2D eigenvalue weighted by molar-refractivity contribution is 7.08. The number of aromatic nitrogens is 4. The van der Waals surface area contributed by atoms with E-state index in [9.17, 15) is 9.59 Å². The zero-order chi connectivity index (χ0) is 19.2. The van der Waals surface area contributed by atoms with E-state index in [0.717, 1.165) is 10.4 Å². The van der Waals surface area contributed by atoms with Gasteiger partial charge in [0.2, 0.25) is 5.82 Å². The molecule has 9 heteroatoms. The minimum Gasteiger partial charge on any atom is -0.454 e. The zero-order valence-electron chi connectivity index (χ0n) is 15.0. The Kier molecular flexibility index (Phi) is 5.92. The third-order valence-electron chi connectivity index (χ3n) is 3.73. The van der Waals surface area contributed by atoms with Gasteiger partial charge in [-0.2, -0.15) is 16.1 Å². The smallest absolute Gasteiger partial charge is 0.330 e. The second-order valence-corrected chi connectivity index (χ2v) is 6.92. The van der Waals surface area contributed by atoms with Crippen LogP contribution in [0.4, 0.5) is 5.69 Å². The SMILES string of the molecule is CC(C)c1ccc(NC(=O)COC(=O)Cn2nnc(-c3ccsc3)n2)cc1. The molecule has 0 aliphatic rings. The first-order chi connectivity index (χ1) is 13.0. The van der Waals surface area contributed by atoms with Crippen LogP contribution in [-0.2, 0) is 20.9 Å². The fraction of sp³-hybridized carbons (Fsp3) is 0.278. The van der Waals surface area contributed by atoms with Crippen molar-refractivity contribution in [2.75, 3.05) is 11.9 Å². The van der Waals surface area contributed by atoms with E-state index in [1.807, 2.05) is 41.1 Å². The van der Waals surface area contributed by atoms with Crippen LogP contribution in [0.1, 0.15) is 25.3 Å². The number of nitrogens with one attached hydrogen (secondary N) is 1. The third kappa shape index (κ3) is 5.20. The van der Waals surface area contributed by atoms with Gasteiger partial charge in [-0.1, -0.05) is 26.0 Å². The molecule has 1 amide bonds. The van der Waals surface area contributed by atoms with Crippen molar-refractivity contribution < 1.29 is 14.3 Å². The number of thiophene rings is 1. The molecule has 0 radical (unpaired) electrons. The highest BCUT2D eigenvalue weighted by atomic mass is 32.1. The molecule has 2 heterocycles. The van der Waals surface area contributed by atoms with Crippen LogP contribution >= 0.6 is 11.3 Å². The molecule has 0 aliphatic carbocycles. The normalized spacial score (nSPS) is 10.8. The van der Waals surface area contributed by atoms with Crippen LogP contribution < -0.4 is 5.32 Å². The van der Waals surface area contributed by atoms with Crippen LogP contribution in [0.25, 0.3) is 11.4 Å². The minimum absolute atomic E-state index is 0.215. The number of esters is 1. The molecule has 2 aromatic heterocycles. The molecular formula is C18H19N5O3S. The third-order valence-corrected chi connectivity index (χ3v) is 4.41. The first-order valence-electron chi connectivity index (χ1n) is 8.37. The Bertz CT molecular complexity index is 903. The van der Waals surface area contributed by atoms with Gasteiger partial charge in [-0.25, -0.2) is 4.79 Å². The van der Waals surface area contributed by atoms with Crippen LogP contribution in [0.5, 0.6) is 0 Å². The topological polar surface area (TPSA) is 99.0 Å². The Hall–Kier alpha value is -3.07. The number of tetrazole rings is 1. The quantitative estimate of drug-likeness (QED) is 0.628. The van der Waals surface area contributed by atoms with E-state index in [-0.39, 0.29) is 13.2 Å². The number of anilines is 1. The molecule has 0 spiro atoms. The summed E-state index contributed by atoms with van der Waals surface area (Å²) in [6, 6.07) is 9.41. The fourth-order valence-electron chi connectivity index (χ4n) is 2.27. The summed E-state index contributed by atoms with van der Waals surface area (Å²) in [5.74, 6) is -0.172. The number of hydrogen-bond donors (Lipinski definition) is 1. The van der Waals surface area contributed by atoms with Crippen LogP contribution in [0.2, 0.25) is 0 Å². The zero-order valence-corrected chi connectivity index (χ0v) is 15.8. The maximum atomic E-state index is 11.9. The second kappa shape index (κ2) is 8.54. The summed E-state index contributed by atoms with van der Waals surface area (Å²) >= 11 is 1.52. The van der Waals surface area contributed by atoms with E-state index >= 15 is 0 Å². The Labute approximate surface area is 160 Å². The highest BCUT2D eigenvalue weighted by Gasteiger charge is 2.12. The van der Waals surface area contributed by atoms with Crippen molar-refractivity contribution in [3.8, 4) is 11.4 Å². The standard InChI is InChI=1S/C18H19N5O3S/c1-12(2)13-3-5-15(6-4-13)19-16(24)10-26-17(25)9-23-21-18(20-22-23)14-7-8-27-11-14/h3-8,11-12H,9-10H2,1-2H3,(H,19,24). The molecule has 1 N–H and O–H groups in total. The van der Waals surface area contributed by atoms with E-state index in [1.54, 1.807) is 0 Å². The Morgan fingerprint density at radius 1 is 1.22 bits per heavy atom. The molecule has 0 unspecified atom stereocenters. The van der Waals surface area contributed by atoms with Gasteiger partial charge in [0, 0.05) is 16.6 Å². The van der Waals surface area contributed by atoms with Crippen molar-refractivity contribution >= 4 is 28.9 Å². The summed E-state index contributed by atoms with van der Waals surface area (Å²) in [6.07, 6.45) is 0. The number of carbonyl (C=O) groups is 2. The van der Waals surface area contributed by atoms with Crippen LogP contribution in [0.3, 0.4) is 0 Å². The van der Waals surface area contributed by atoms with Crippen molar-refractivity contribution in [3.05, 3.63) is 46.7 Å². The van der Waals surface area contributed by atoms with Gasteiger partial charge in [-0.15, -0.1) is 10.2 Å². The molecule has 0 saturated carbocycles. The van der Waals surface area contributed by atoms with E-state index < -0.39 is 11.9 Å². The summed E-state index contributed by atoms with van der Waals surface area (Å²) in [5, 5.41) is 18.3. The minimum atomic E-state index is -0.616. The molecule has 0 bridgehead atoms. The summed E-state index contributed by atoms with van der Waals surface area (Å²) in [4.78, 5) is 24.9. The summed E-state index contributed by atoms with van der Waals surface area (Å²) in [6.45, 7) is 3.60. The number of amides is 1. The van der Waals surface area contributed by atoms with Gasteiger partial charge in [-0.3, -0.25) is 4.79 Å². The second-order valence-electron chi connectivity index (χ2n) is 6.14. The lowest BCUT2D eigenvalue weighted by atomic mass is 10.0. The van der Waals surface area contributed by atoms with Gasteiger partial charge in [0.05, 0.1) is 0 Å². The average Bonchev–Trinajstić information content (AvgIpc) is 3.32. The molecule has 1 aromatic carbocycles. The molecule has 8 nitrogen and oxygen atoms in total. The largest absolute Gasteiger partial charge is 0.454 e. The van der Waals surface area contributed by atoms with Crippen molar-refractivity contribution in [2.24, 2.45) is 0 Å². The maximum absolute atomic E-state index is 11.9. The first-order valence-corrected chi connectivity index (χ1v) is 9.31. The molecule has 0 aliphatic heterocycles. The predicted molar refractivity (Wildman–Crippen MR) is 101 cm³/mol. The van der Waals surface area contributed by atoms with Gasteiger partial charge >= 0.3 is 5.97 Å². The Morgan fingerprint density at radius 3 is 2.67 bits per heavy atom. The van der Waals surface area contributed by atoms with Crippen LogP contribution in [0, 0.1) is 0 Å². The first kappa shape index (κ1) is 18.7. The van der Waals surface area contributed by atoms with Crippen molar-refractivity contribution in [3.63, 3.8) is 0 Å². The fourth-order valence-corrected chi connectivity index (χ4v) is 2.91. The van der Waals surface area contributed by atoms with Gasteiger partial charge in [-0.05, 0) is 40.3 Å². The highest BCUT2D eigenvalue weighted by Crippen LogP contribution is 2.17. The molecule has 140 valence electrons. The van der Waals surface area contributed by atoms with Crippen molar-refractivity contribution in [1.29, 1.82) is 0 Å². The maximum Gasteiger partial charge on any atom is 0.330 e. The Balaban J connectivity index is 1.45. The lowest BCUT2D eigenvalue weighted by molar-refractivity contribution is -0.148. The number of benzene rings is 1. The Morgan fingerprint density at radius 2 is 2.00 bits per heavy atom. The lowest BCUT2D eigenvalue weighted by Crippen LogP contribution is -2.23. The number of carbonyl (C=O) groups excluding carboxylic acids is 2. The van der Waals surface area contributed by atoms with Gasteiger partial charge in [0.25, 0.3) is 5.91 Å². The van der Waals surface area contributed by atoms with E-state index in [2.05, 4.69) is 34.6 Å². The van der Waals surface area contributed by atoms with Crippen molar-refractivity contribution in [1.82, 2.24) is 20.2 Å². The van der Waals surface area contributed by atoms with E-state index in [0.29, 0.717) is 17.4 Å². The molecule has 3 aromatic rings. The van der Waals surface area contributed by atoms with Crippen LogP contribution in [-0.4, -0.2) is 38.7 Å². The molecule has 0 fully saturated rings. The average molecular weight is 385 g/mol. The summed E-state index contributed by atoms with van der Waals surface area (Å²) in [7, 11) is 0. The number of nitrogens with zero attached hydrogens (tertiary/aromatic N) is 4. The molecule has 0 saturated heterocycles. The van der Waals surface area contributed by atoms with Crippen LogP contribution in [0.15, 0.2) is 41.1 Å². The van der Waals surface area contributed by atoms with Gasteiger partial charge < -0.3 is 10.1 Å². The number of hydrogen-bond acceptors (Lipinski definition) is 7. The van der Waals surface area contributed by atoms with E-state index in [4.69, 9.17) is 4.74 Å². The molecule has 27 heavy (non-hydrogen) atoms. The van der Waals surface area contributed by atoms with Gasteiger partial charge in [0.1, 0.15) is 0 Å². The molecule has 0 atom stereocenters. The van der Waals surface area contributed by atoms with Crippen molar-refractivity contribution in [2.45, 2.75) is 26.3 Å². The molecular weight excluding hydrogens is 366 g/mol. The lowest BCUT2D eigenvalue weighted by Gasteiger charge is -2.08. The monoisotopic (exact) mass is 385 g/mol. The number of rotatable bonds is 7.